The summed E-state index contributed by atoms with van der Waals surface area (Å²) in [4.78, 5) is 0. The lowest BCUT2D eigenvalue weighted by Crippen LogP contribution is -2.07. The Kier molecular flexibility index (Phi) is 21.7. The fourth-order valence-corrected chi connectivity index (χ4v) is 5.49. The van der Waals surface area contributed by atoms with E-state index in [0.29, 0.717) is 5.92 Å². The minimum absolute atomic E-state index is 0.604. The Bertz CT molecular complexity index is 1200. The van der Waals surface area contributed by atoms with Gasteiger partial charge >= 0.3 is 0 Å². The van der Waals surface area contributed by atoms with Crippen LogP contribution in [0.15, 0.2) is 72.9 Å². The van der Waals surface area contributed by atoms with Gasteiger partial charge in [0.15, 0.2) is 0 Å². The lowest BCUT2D eigenvalue weighted by Gasteiger charge is -2.22. The maximum atomic E-state index is 3.95. The van der Waals surface area contributed by atoms with Crippen molar-refractivity contribution in [3.63, 3.8) is 0 Å². The van der Waals surface area contributed by atoms with Crippen molar-refractivity contribution in [2.45, 2.75) is 134 Å². The Morgan fingerprint density at radius 1 is 0.750 bits per heavy atom. The molecule has 0 bridgehead atoms. The summed E-state index contributed by atoms with van der Waals surface area (Å²) in [5.41, 5.74) is 14.0. The number of hydrogen-bond donors (Lipinski definition) is 1. The molecular weight excluding hydrogens is 530 g/mol. The van der Waals surface area contributed by atoms with Crippen LogP contribution in [0.2, 0.25) is 0 Å². The second-order valence-electron chi connectivity index (χ2n) is 11.0. The third-order valence-electron chi connectivity index (χ3n) is 8.04. The number of anilines is 1. The number of allylic oxidation sites excluding steroid dienone is 1. The molecule has 44 heavy (non-hydrogen) atoms. The monoisotopic (exact) mass is 598 g/mol. The van der Waals surface area contributed by atoms with Crippen LogP contribution < -0.4 is 5.32 Å². The highest BCUT2D eigenvalue weighted by atomic mass is 14.9. The van der Waals surface area contributed by atoms with Gasteiger partial charge in [-0.1, -0.05) is 150 Å². The van der Waals surface area contributed by atoms with Crippen LogP contribution in [0.25, 0.3) is 6.08 Å². The van der Waals surface area contributed by atoms with E-state index in [1.165, 1.54) is 60.0 Å². The number of aryl methyl sites for hydroxylation is 4. The predicted molar refractivity (Wildman–Crippen MR) is 203 cm³/mol. The first-order valence-corrected chi connectivity index (χ1v) is 17.8. The van der Waals surface area contributed by atoms with Gasteiger partial charge in [0, 0.05) is 16.9 Å². The van der Waals surface area contributed by atoms with Gasteiger partial charge in [-0.05, 0) is 102 Å². The van der Waals surface area contributed by atoms with Crippen molar-refractivity contribution < 1.29 is 0 Å². The number of hydrogen-bond acceptors (Lipinski definition) is 1. The normalized spacial score (nSPS) is 12.8. The molecule has 1 atom stereocenters. The van der Waals surface area contributed by atoms with E-state index in [0.717, 1.165) is 18.0 Å². The SMILES string of the molecule is C=C1C=Cc2c(C(C)CC)ccc(C)c2N1.CC.CC.CC.CCc1cc2c(cc1CC)CC(C)C2.CCc1ccccc1. The summed E-state index contributed by atoms with van der Waals surface area (Å²) in [7, 11) is 0. The number of rotatable bonds is 5. The molecule has 1 heteroatoms. The zero-order valence-electron chi connectivity index (χ0n) is 31.0. The molecule has 2 aliphatic rings. The lowest BCUT2D eigenvalue weighted by molar-refractivity contribution is 0.627. The van der Waals surface area contributed by atoms with Crippen molar-refractivity contribution >= 4 is 11.8 Å². The minimum atomic E-state index is 0.604. The van der Waals surface area contributed by atoms with Gasteiger partial charge in [0.1, 0.15) is 0 Å². The van der Waals surface area contributed by atoms with Crippen LogP contribution in [-0.4, -0.2) is 0 Å². The molecule has 0 saturated heterocycles. The summed E-state index contributed by atoms with van der Waals surface area (Å²) < 4.78 is 0. The highest BCUT2D eigenvalue weighted by molar-refractivity contribution is 5.79. The summed E-state index contributed by atoms with van der Waals surface area (Å²) >= 11 is 0. The molecule has 0 fully saturated rings. The van der Waals surface area contributed by atoms with Gasteiger partial charge in [-0.3, -0.25) is 0 Å². The first-order valence-electron chi connectivity index (χ1n) is 17.8. The van der Waals surface area contributed by atoms with Gasteiger partial charge in [0.05, 0.1) is 0 Å². The fourth-order valence-electron chi connectivity index (χ4n) is 5.49. The second kappa shape index (κ2) is 23.3. The van der Waals surface area contributed by atoms with E-state index in [2.05, 4.69) is 115 Å². The maximum absolute atomic E-state index is 3.95. The van der Waals surface area contributed by atoms with Crippen LogP contribution in [0.5, 0.6) is 0 Å². The van der Waals surface area contributed by atoms with E-state index in [4.69, 9.17) is 0 Å². The summed E-state index contributed by atoms with van der Waals surface area (Å²) in [6.45, 7) is 31.6. The highest BCUT2D eigenvalue weighted by Crippen LogP contribution is 2.35. The molecule has 3 aromatic carbocycles. The third kappa shape index (κ3) is 12.5. The Balaban J connectivity index is 0.000000602. The molecule has 1 nitrogen and oxygen atoms in total. The highest BCUT2D eigenvalue weighted by Gasteiger charge is 2.19. The lowest BCUT2D eigenvalue weighted by atomic mass is 9.89. The Hall–Kier alpha value is -3.06. The zero-order valence-corrected chi connectivity index (χ0v) is 31.0. The molecule has 0 radical (unpaired) electrons. The molecule has 3 aromatic rings. The standard InChI is InChI=1S/C15H19N.C14H20.C8H10.3C2H6/c1-5-10(2)13-8-6-11(3)15-14(13)9-7-12(4)16-15;1-4-11-8-13-6-10(3)7-14(13)9-12(11)5-2;1-2-8-6-4-3-5-7-8;3*1-2/h6-10,16H,4-5H2,1-3H3;8-10H,4-7H2,1-3H3;3-7H,2H2,1H3;3*1-2H3. The molecule has 1 heterocycles. The molecular formula is C43H67N. The minimum Gasteiger partial charge on any atom is -0.355 e. The van der Waals surface area contributed by atoms with Crippen LogP contribution in [0.1, 0.15) is 140 Å². The van der Waals surface area contributed by atoms with E-state index < -0.39 is 0 Å². The molecule has 0 saturated carbocycles. The predicted octanol–water partition coefficient (Wildman–Crippen LogP) is 13.3. The van der Waals surface area contributed by atoms with E-state index in [1.807, 2.05) is 53.7 Å². The smallest absolute Gasteiger partial charge is 0.0490 e. The van der Waals surface area contributed by atoms with Crippen LogP contribution in [0, 0.1) is 12.8 Å². The Morgan fingerprint density at radius 3 is 1.70 bits per heavy atom. The molecule has 1 unspecified atom stereocenters. The quantitative estimate of drug-likeness (QED) is 0.308. The van der Waals surface area contributed by atoms with Gasteiger partial charge in [-0.2, -0.15) is 0 Å². The van der Waals surface area contributed by atoms with Crippen LogP contribution in [0.4, 0.5) is 5.69 Å². The van der Waals surface area contributed by atoms with Crippen molar-refractivity contribution in [3.8, 4) is 0 Å². The Labute approximate surface area is 274 Å². The molecule has 244 valence electrons. The first-order chi connectivity index (χ1) is 21.3. The number of benzene rings is 3. The van der Waals surface area contributed by atoms with Gasteiger partial charge in [0.25, 0.3) is 0 Å². The molecule has 1 aliphatic carbocycles. The summed E-state index contributed by atoms with van der Waals surface area (Å²) in [6, 6.07) is 19.8. The van der Waals surface area contributed by atoms with Crippen LogP contribution in [0.3, 0.4) is 0 Å². The van der Waals surface area contributed by atoms with Crippen molar-refractivity contribution in [3.05, 3.63) is 117 Å². The molecule has 0 aromatic heterocycles. The second-order valence-corrected chi connectivity index (χ2v) is 11.0. The summed E-state index contributed by atoms with van der Waals surface area (Å²) in [5, 5.41) is 3.37. The largest absolute Gasteiger partial charge is 0.355 e. The van der Waals surface area contributed by atoms with Crippen molar-refractivity contribution in [2.75, 3.05) is 5.32 Å². The zero-order chi connectivity index (χ0) is 33.7. The first kappa shape index (κ1) is 40.9. The average Bonchev–Trinajstić information content (AvgIpc) is 3.46. The van der Waals surface area contributed by atoms with Gasteiger partial charge in [-0.15, -0.1) is 0 Å². The average molecular weight is 598 g/mol. The molecule has 1 N–H and O–H groups in total. The number of nitrogens with one attached hydrogen (secondary N) is 1. The van der Waals surface area contributed by atoms with Gasteiger partial charge in [0.2, 0.25) is 0 Å². The van der Waals surface area contributed by atoms with Crippen molar-refractivity contribution in [1.29, 1.82) is 0 Å². The van der Waals surface area contributed by atoms with E-state index >= 15 is 0 Å². The number of fused-ring (bicyclic) bond motifs is 2. The van der Waals surface area contributed by atoms with Crippen LogP contribution >= 0.6 is 0 Å². The molecule has 0 amide bonds. The van der Waals surface area contributed by atoms with E-state index in [1.54, 1.807) is 22.3 Å². The summed E-state index contributed by atoms with van der Waals surface area (Å²) in [5.74, 6) is 1.47. The topological polar surface area (TPSA) is 12.0 Å². The molecule has 0 spiro atoms. The van der Waals surface area contributed by atoms with E-state index in [9.17, 15) is 0 Å². The summed E-state index contributed by atoms with van der Waals surface area (Å²) in [6.07, 6.45) is 11.5. The van der Waals surface area contributed by atoms with Crippen molar-refractivity contribution in [1.82, 2.24) is 0 Å². The Morgan fingerprint density at radius 2 is 1.27 bits per heavy atom. The third-order valence-corrected chi connectivity index (χ3v) is 8.04. The molecule has 5 rings (SSSR count). The van der Waals surface area contributed by atoms with E-state index in [-0.39, 0.29) is 0 Å². The maximum Gasteiger partial charge on any atom is 0.0490 e. The van der Waals surface area contributed by atoms with Gasteiger partial charge in [-0.25, -0.2) is 0 Å². The fraction of sp³-hybridized carbons (Fsp3) is 0.488. The van der Waals surface area contributed by atoms with Crippen molar-refractivity contribution in [2.24, 2.45) is 5.92 Å². The van der Waals surface area contributed by atoms with Crippen LogP contribution in [-0.2, 0) is 32.1 Å². The van der Waals surface area contributed by atoms with Gasteiger partial charge < -0.3 is 5.32 Å². The molecule has 1 aliphatic heterocycles.